The van der Waals surface area contributed by atoms with Crippen LogP contribution in [-0.2, 0) is 0 Å². The molecule has 0 radical (unpaired) electrons. The molecule has 0 bridgehead atoms. The summed E-state index contributed by atoms with van der Waals surface area (Å²) >= 11 is 9.56. The number of nitrogens with one attached hydrogen (secondary N) is 1. The van der Waals surface area contributed by atoms with Crippen LogP contribution in [0.4, 0.5) is 5.82 Å². The maximum atomic E-state index is 5.97. The van der Waals surface area contributed by atoms with Gasteiger partial charge in [0.2, 0.25) is 5.28 Å². The van der Waals surface area contributed by atoms with Gasteiger partial charge >= 0.3 is 0 Å². The van der Waals surface area contributed by atoms with E-state index in [0.29, 0.717) is 10.0 Å². The Morgan fingerprint density at radius 3 is 2.94 bits per heavy atom. The maximum absolute atomic E-state index is 5.97. The molecule has 0 atom stereocenters. The molecule has 0 unspecified atom stereocenters. The molecule has 1 fully saturated rings. The predicted molar refractivity (Wildman–Crippen MR) is 81.1 cm³/mol. The molecule has 3 nitrogen and oxygen atoms in total. The minimum absolute atomic E-state index is 0.320. The zero-order valence-electron chi connectivity index (χ0n) is 10.3. The number of fused-ring (bicyclic) bond motifs is 1. The predicted octanol–water partition coefficient (Wildman–Crippen LogP) is 3.96. The summed E-state index contributed by atoms with van der Waals surface area (Å²) in [7, 11) is 0. The average molecular weight is 300 g/mol. The number of thiophene rings is 1. The van der Waals surface area contributed by atoms with E-state index in [-0.39, 0.29) is 0 Å². The van der Waals surface area contributed by atoms with Crippen molar-refractivity contribution in [1.29, 1.82) is 0 Å². The Kier molecular flexibility index (Phi) is 3.16. The summed E-state index contributed by atoms with van der Waals surface area (Å²) in [5.41, 5.74) is 0. The van der Waals surface area contributed by atoms with Gasteiger partial charge in [0.1, 0.15) is 10.6 Å². The summed E-state index contributed by atoms with van der Waals surface area (Å²) in [6, 6.07) is 2.12. The van der Waals surface area contributed by atoms with Crippen LogP contribution in [0, 0.1) is 6.92 Å². The lowest BCUT2D eigenvalue weighted by Crippen LogP contribution is -2.18. The molecule has 2 heterocycles. The first kappa shape index (κ1) is 12.5. The van der Waals surface area contributed by atoms with E-state index in [9.17, 15) is 0 Å². The second kappa shape index (κ2) is 4.54. The largest absolute Gasteiger partial charge is 0.368 e. The lowest BCUT2D eigenvalue weighted by atomic mass is 10.3. The van der Waals surface area contributed by atoms with Crippen LogP contribution in [0.5, 0.6) is 0 Å². The fourth-order valence-corrected chi connectivity index (χ4v) is 3.81. The molecular formula is C12H14ClN3S2. The van der Waals surface area contributed by atoms with E-state index in [0.717, 1.165) is 22.6 Å². The fourth-order valence-electron chi connectivity index (χ4n) is 1.99. The van der Waals surface area contributed by atoms with Gasteiger partial charge in [-0.25, -0.2) is 9.97 Å². The molecule has 2 aromatic rings. The molecule has 3 rings (SSSR count). The molecule has 6 heteroatoms. The Hall–Kier alpha value is -0.520. The van der Waals surface area contributed by atoms with Gasteiger partial charge in [0.05, 0.1) is 5.39 Å². The monoisotopic (exact) mass is 299 g/mol. The smallest absolute Gasteiger partial charge is 0.225 e. The number of nitrogens with zero attached hydrogens (tertiary/aromatic N) is 2. The van der Waals surface area contributed by atoms with Crippen LogP contribution in [0.2, 0.25) is 5.28 Å². The topological polar surface area (TPSA) is 37.8 Å². The molecule has 0 saturated heterocycles. The summed E-state index contributed by atoms with van der Waals surface area (Å²) < 4.78 is 0.412. The van der Waals surface area contributed by atoms with Crippen molar-refractivity contribution < 1.29 is 0 Å². The molecule has 18 heavy (non-hydrogen) atoms. The van der Waals surface area contributed by atoms with Gasteiger partial charge in [0, 0.05) is 16.2 Å². The van der Waals surface area contributed by atoms with Crippen molar-refractivity contribution >= 4 is 50.7 Å². The highest BCUT2D eigenvalue weighted by Gasteiger charge is 2.41. The number of aryl methyl sites for hydroxylation is 1. The second-order valence-electron chi connectivity index (χ2n) is 4.66. The molecule has 96 valence electrons. The molecule has 2 aromatic heterocycles. The lowest BCUT2D eigenvalue weighted by molar-refractivity contribution is 0.941. The van der Waals surface area contributed by atoms with Gasteiger partial charge in [0.15, 0.2) is 0 Å². The van der Waals surface area contributed by atoms with Crippen LogP contribution in [0.1, 0.15) is 17.7 Å². The standard InChI is InChI=1S/C12H14ClN3S2/c1-7-5-8-9(14-6-12(17-2)3-4-12)15-11(13)16-10(8)18-7/h5H,3-4,6H2,1-2H3,(H,14,15,16). The highest BCUT2D eigenvalue weighted by Crippen LogP contribution is 2.47. The molecule has 0 amide bonds. The third-order valence-electron chi connectivity index (χ3n) is 3.31. The zero-order chi connectivity index (χ0) is 12.8. The van der Waals surface area contributed by atoms with E-state index in [2.05, 4.69) is 34.5 Å². The second-order valence-corrected chi connectivity index (χ2v) is 7.50. The van der Waals surface area contributed by atoms with Crippen molar-refractivity contribution in [2.24, 2.45) is 0 Å². The first-order chi connectivity index (χ1) is 8.62. The van der Waals surface area contributed by atoms with Crippen molar-refractivity contribution in [3.05, 3.63) is 16.2 Å². The summed E-state index contributed by atoms with van der Waals surface area (Å²) in [5.74, 6) is 0.870. The van der Waals surface area contributed by atoms with Crippen LogP contribution in [0.25, 0.3) is 10.2 Å². The van der Waals surface area contributed by atoms with E-state index < -0.39 is 0 Å². The summed E-state index contributed by atoms with van der Waals surface area (Å²) in [4.78, 5) is 10.8. The van der Waals surface area contributed by atoms with E-state index >= 15 is 0 Å². The highest BCUT2D eigenvalue weighted by molar-refractivity contribution is 8.00. The van der Waals surface area contributed by atoms with Gasteiger partial charge in [0.25, 0.3) is 0 Å². The lowest BCUT2D eigenvalue weighted by Gasteiger charge is -2.14. The first-order valence-corrected chi connectivity index (χ1v) is 8.26. The molecule has 1 aliphatic carbocycles. The van der Waals surface area contributed by atoms with Gasteiger partial charge in [-0.15, -0.1) is 11.3 Å². The van der Waals surface area contributed by atoms with E-state index in [1.54, 1.807) is 11.3 Å². The SMILES string of the molecule is CSC1(CNc2nc(Cl)nc3sc(C)cc23)CC1. The Morgan fingerprint density at radius 2 is 2.28 bits per heavy atom. The number of hydrogen-bond acceptors (Lipinski definition) is 5. The number of anilines is 1. The highest BCUT2D eigenvalue weighted by atomic mass is 35.5. The van der Waals surface area contributed by atoms with E-state index in [4.69, 9.17) is 11.6 Å². The maximum Gasteiger partial charge on any atom is 0.225 e. The van der Waals surface area contributed by atoms with Gasteiger partial charge in [-0.05, 0) is 43.7 Å². The molecule has 0 spiro atoms. The van der Waals surface area contributed by atoms with Gasteiger partial charge in [-0.1, -0.05) is 0 Å². The molecule has 0 aliphatic heterocycles. The Labute approximate surface area is 119 Å². The van der Waals surface area contributed by atoms with Crippen molar-refractivity contribution in [3.63, 3.8) is 0 Å². The van der Waals surface area contributed by atoms with Crippen LogP contribution < -0.4 is 5.32 Å². The number of thioether (sulfide) groups is 1. The number of halogens is 1. The van der Waals surface area contributed by atoms with E-state index in [1.165, 1.54) is 17.7 Å². The third-order valence-corrected chi connectivity index (χ3v) is 5.84. The van der Waals surface area contributed by atoms with E-state index in [1.807, 2.05) is 11.8 Å². The fraction of sp³-hybridized carbons (Fsp3) is 0.500. The van der Waals surface area contributed by atoms with Gasteiger partial charge in [-0.2, -0.15) is 11.8 Å². The molecule has 1 N–H and O–H groups in total. The van der Waals surface area contributed by atoms with Crippen molar-refractivity contribution in [2.45, 2.75) is 24.5 Å². The van der Waals surface area contributed by atoms with Gasteiger partial charge < -0.3 is 5.32 Å². The van der Waals surface area contributed by atoms with Gasteiger partial charge in [-0.3, -0.25) is 0 Å². The number of aromatic nitrogens is 2. The van der Waals surface area contributed by atoms with Crippen molar-refractivity contribution in [1.82, 2.24) is 9.97 Å². The quantitative estimate of drug-likeness (QED) is 0.867. The van der Waals surface area contributed by atoms with Crippen LogP contribution in [-0.4, -0.2) is 27.5 Å². The third kappa shape index (κ3) is 2.31. The van der Waals surface area contributed by atoms with Crippen LogP contribution in [0.15, 0.2) is 6.07 Å². The minimum Gasteiger partial charge on any atom is -0.368 e. The molecule has 1 aliphatic rings. The Bertz CT molecular complexity index is 592. The zero-order valence-corrected chi connectivity index (χ0v) is 12.7. The van der Waals surface area contributed by atoms with Crippen molar-refractivity contribution in [3.8, 4) is 0 Å². The normalized spacial score (nSPS) is 17.1. The number of rotatable bonds is 4. The Balaban J connectivity index is 1.90. The average Bonchev–Trinajstić information content (AvgIpc) is 3.02. The molecule has 0 aromatic carbocycles. The van der Waals surface area contributed by atoms with Crippen LogP contribution in [0.3, 0.4) is 0 Å². The van der Waals surface area contributed by atoms with Crippen LogP contribution >= 0.6 is 34.7 Å². The number of hydrogen-bond donors (Lipinski definition) is 1. The Morgan fingerprint density at radius 1 is 1.50 bits per heavy atom. The summed E-state index contributed by atoms with van der Waals surface area (Å²) in [5, 5.41) is 4.85. The molecule has 1 saturated carbocycles. The minimum atomic E-state index is 0.320. The molecular weight excluding hydrogens is 286 g/mol. The summed E-state index contributed by atoms with van der Waals surface area (Å²) in [6.07, 6.45) is 4.74. The first-order valence-electron chi connectivity index (χ1n) is 5.85. The summed E-state index contributed by atoms with van der Waals surface area (Å²) in [6.45, 7) is 3.03. The van der Waals surface area contributed by atoms with Crippen molar-refractivity contribution in [2.75, 3.05) is 18.1 Å².